The van der Waals surface area contributed by atoms with Crippen LogP contribution < -0.4 is 5.32 Å². The van der Waals surface area contributed by atoms with Crippen molar-refractivity contribution in [2.24, 2.45) is 0 Å². The summed E-state index contributed by atoms with van der Waals surface area (Å²) in [6.45, 7) is 1.22. The highest BCUT2D eigenvalue weighted by molar-refractivity contribution is 8.22. The molecule has 1 nitrogen and oxygen atoms in total. The number of nitrogens with one attached hydrogen (secondary N) is 1. The molecule has 62 valence electrons. The summed E-state index contributed by atoms with van der Waals surface area (Å²) >= 11 is 3.95. The Balaban J connectivity index is 1.92. The van der Waals surface area contributed by atoms with Gasteiger partial charge in [-0.3, -0.25) is 0 Å². The maximum absolute atomic E-state index is 3.56. The molecule has 0 radical (unpaired) electrons. The van der Waals surface area contributed by atoms with Crippen molar-refractivity contribution < 1.29 is 0 Å². The predicted molar refractivity (Wildman–Crippen MR) is 53.8 cm³/mol. The Morgan fingerprint density at radius 3 is 3.09 bits per heavy atom. The second-order valence-electron chi connectivity index (χ2n) is 2.95. The molecule has 1 fully saturated rings. The van der Waals surface area contributed by atoms with Crippen LogP contribution in [-0.4, -0.2) is 17.7 Å². The SMILES string of the molecule is C1=C(C2CCCCN2)SCS1. The zero-order valence-electron chi connectivity index (χ0n) is 6.51. The van der Waals surface area contributed by atoms with Crippen molar-refractivity contribution in [1.29, 1.82) is 0 Å². The number of hydrogen-bond acceptors (Lipinski definition) is 3. The van der Waals surface area contributed by atoms with Gasteiger partial charge in [0, 0.05) is 16.0 Å². The van der Waals surface area contributed by atoms with Gasteiger partial charge in [-0.05, 0) is 24.8 Å². The molecule has 0 saturated carbocycles. The standard InChI is InChI=1S/C8H13NS2/c1-2-4-9-7(3-1)8-5-10-6-11-8/h5,7,9H,1-4,6H2. The molecule has 2 aliphatic rings. The topological polar surface area (TPSA) is 12.0 Å². The van der Waals surface area contributed by atoms with Crippen LogP contribution in [0.2, 0.25) is 0 Å². The fourth-order valence-electron chi connectivity index (χ4n) is 1.53. The maximum atomic E-state index is 3.56. The predicted octanol–water partition coefficient (Wildman–Crippen LogP) is 2.41. The second kappa shape index (κ2) is 3.87. The van der Waals surface area contributed by atoms with Crippen molar-refractivity contribution in [2.45, 2.75) is 25.3 Å². The Hall–Kier alpha value is 0.400. The minimum atomic E-state index is 0.698. The van der Waals surface area contributed by atoms with E-state index in [2.05, 4.69) is 10.7 Å². The molecule has 1 atom stereocenters. The zero-order chi connectivity index (χ0) is 7.52. The number of thioether (sulfide) groups is 2. The average Bonchev–Trinajstić information content (AvgIpc) is 2.58. The summed E-state index contributed by atoms with van der Waals surface area (Å²) in [7, 11) is 0. The van der Waals surface area contributed by atoms with E-state index in [0.29, 0.717) is 6.04 Å². The van der Waals surface area contributed by atoms with Crippen molar-refractivity contribution in [3.8, 4) is 0 Å². The van der Waals surface area contributed by atoms with Gasteiger partial charge in [0.15, 0.2) is 0 Å². The van der Waals surface area contributed by atoms with Gasteiger partial charge in [-0.1, -0.05) is 6.42 Å². The van der Waals surface area contributed by atoms with Crippen LogP contribution in [0, 0.1) is 0 Å². The fourth-order valence-corrected chi connectivity index (χ4v) is 3.83. The summed E-state index contributed by atoms with van der Waals surface area (Å²) in [4.78, 5) is 1.58. The highest BCUT2D eigenvalue weighted by Crippen LogP contribution is 2.36. The molecule has 0 aromatic heterocycles. The third kappa shape index (κ3) is 1.95. The average molecular weight is 187 g/mol. The smallest absolute Gasteiger partial charge is 0.0478 e. The molecule has 1 saturated heterocycles. The monoisotopic (exact) mass is 187 g/mol. The third-order valence-corrected chi connectivity index (χ3v) is 4.47. The molecule has 0 aromatic rings. The van der Waals surface area contributed by atoms with Crippen molar-refractivity contribution in [3.63, 3.8) is 0 Å². The Morgan fingerprint density at radius 1 is 1.45 bits per heavy atom. The molecule has 0 spiro atoms. The van der Waals surface area contributed by atoms with Crippen LogP contribution in [0.5, 0.6) is 0 Å². The molecule has 0 bridgehead atoms. The minimum absolute atomic E-state index is 0.698. The first kappa shape index (κ1) is 8.02. The molecule has 1 N–H and O–H groups in total. The highest BCUT2D eigenvalue weighted by Gasteiger charge is 2.19. The van der Waals surface area contributed by atoms with Crippen LogP contribution in [-0.2, 0) is 0 Å². The lowest BCUT2D eigenvalue weighted by Gasteiger charge is -2.23. The molecular weight excluding hydrogens is 174 g/mol. The zero-order valence-corrected chi connectivity index (χ0v) is 8.14. The first-order valence-corrected chi connectivity index (χ1v) is 6.18. The van der Waals surface area contributed by atoms with Crippen molar-refractivity contribution in [1.82, 2.24) is 5.32 Å². The Morgan fingerprint density at radius 2 is 2.45 bits per heavy atom. The van der Waals surface area contributed by atoms with Crippen LogP contribution in [0.1, 0.15) is 19.3 Å². The molecular formula is C8H13NS2. The van der Waals surface area contributed by atoms with Gasteiger partial charge >= 0.3 is 0 Å². The lowest BCUT2D eigenvalue weighted by molar-refractivity contribution is 0.451. The first-order valence-electron chi connectivity index (χ1n) is 4.15. The van der Waals surface area contributed by atoms with Gasteiger partial charge in [0.2, 0.25) is 0 Å². The molecule has 3 heteroatoms. The van der Waals surface area contributed by atoms with Gasteiger partial charge in [0.1, 0.15) is 0 Å². The van der Waals surface area contributed by atoms with Gasteiger partial charge in [0.25, 0.3) is 0 Å². The van der Waals surface area contributed by atoms with E-state index in [1.165, 1.54) is 30.9 Å². The van der Waals surface area contributed by atoms with Gasteiger partial charge in [-0.2, -0.15) is 0 Å². The van der Waals surface area contributed by atoms with Crippen LogP contribution in [0.15, 0.2) is 10.3 Å². The minimum Gasteiger partial charge on any atom is -0.309 e. The largest absolute Gasteiger partial charge is 0.309 e. The van der Waals surface area contributed by atoms with Gasteiger partial charge < -0.3 is 5.32 Å². The summed E-state index contributed by atoms with van der Waals surface area (Å²) in [6, 6.07) is 0.698. The number of piperidine rings is 1. The molecule has 2 rings (SSSR count). The summed E-state index contributed by atoms with van der Waals surface area (Å²) in [5.74, 6) is 0. The van der Waals surface area contributed by atoms with Crippen LogP contribution in [0.4, 0.5) is 0 Å². The van der Waals surface area contributed by atoms with Crippen LogP contribution in [0.25, 0.3) is 0 Å². The van der Waals surface area contributed by atoms with E-state index < -0.39 is 0 Å². The Kier molecular flexibility index (Phi) is 2.82. The quantitative estimate of drug-likeness (QED) is 0.677. The third-order valence-electron chi connectivity index (χ3n) is 2.15. The Labute approximate surface area is 76.4 Å². The van der Waals surface area contributed by atoms with Crippen molar-refractivity contribution >= 4 is 23.5 Å². The number of rotatable bonds is 1. The molecule has 0 aromatic carbocycles. The summed E-state index contributed by atoms with van der Waals surface area (Å²) in [5, 5.41) is 7.12. The second-order valence-corrected chi connectivity index (χ2v) is 5.22. The molecule has 2 heterocycles. The fraction of sp³-hybridized carbons (Fsp3) is 0.750. The van der Waals surface area contributed by atoms with E-state index in [4.69, 9.17) is 0 Å². The normalized spacial score (nSPS) is 32.0. The van der Waals surface area contributed by atoms with Crippen LogP contribution >= 0.6 is 23.5 Å². The number of hydrogen-bond donors (Lipinski definition) is 1. The van der Waals surface area contributed by atoms with E-state index in [1.807, 2.05) is 23.5 Å². The molecule has 1 unspecified atom stereocenters. The van der Waals surface area contributed by atoms with E-state index >= 15 is 0 Å². The van der Waals surface area contributed by atoms with Crippen molar-refractivity contribution in [2.75, 3.05) is 11.6 Å². The maximum Gasteiger partial charge on any atom is 0.0478 e. The summed E-state index contributed by atoms with van der Waals surface area (Å²) < 4.78 is 0. The van der Waals surface area contributed by atoms with E-state index in [-0.39, 0.29) is 0 Å². The van der Waals surface area contributed by atoms with Gasteiger partial charge in [-0.25, -0.2) is 0 Å². The lowest BCUT2D eigenvalue weighted by Crippen LogP contribution is -2.34. The lowest BCUT2D eigenvalue weighted by atomic mass is 10.1. The Bertz CT molecular complexity index is 161. The van der Waals surface area contributed by atoms with Crippen molar-refractivity contribution in [3.05, 3.63) is 10.3 Å². The summed E-state index contributed by atoms with van der Waals surface area (Å²) in [5.41, 5.74) is 0. The van der Waals surface area contributed by atoms with Gasteiger partial charge in [0.05, 0.1) is 0 Å². The van der Waals surface area contributed by atoms with E-state index in [0.717, 1.165) is 0 Å². The molecule has 2 aliphatic heterocycles. The van der Waals surface area contributed by atoms with Crippen LogP contribution in [0.3, 0.4) is 0 Å². The highest BCUT2D eigenvalue weighted by atomic mass is 32.2. The van der Waals surface area contributed by atoms with E-state index in [9.17, 15) is 0 Å². The molecule has 11 heavy (non-hydrogen) atoms. The van der Waals surface area contributed by atoms with Gasteiger partial charge in [-0.15, -0.1) is 23.5 Å². The summed E-state index contributed by atoms with van der Waals surface area (Å²) in [6.07, 6.45) is 4.11. The van der Waals surface area contributed by atoms with E-state index in [1.54, 1.807) is 4.91 Å². The molecule has 0 aliphatic carbocycles. The molecule has 0 amide bonds. The first-order chi connectivity index (χ1) is 5.47.